The fraction of sp³-hybridized carbons (Fsp3) is 0.600. The maximum atomic E-state index is 10.2. The second-order valence-electron chi connectivity index (χ2n) is 1.33. The van der Waals surface area contributed by atoms with Crippen molar-refractivity contribution < 1.29 is 32.0 Å². The van der Waals surface area contributed by atoms with Gasteiger partial charge in [0.05, 0.1) is 0 Å². The van der Waals surface area contributed by atoms with Crippen LogP contribution in [0.15, 0.2) is 0 Å². The van der Waals surface area contributed by atoms with Crippen molar-refractivity contribution in [2.75, 3.05) is 0 Å². The first-order valence-corrected chi connectivity index (χ1v) is 2.22. The van der Waals surface area contributed by atoms with Gasteiger partial charge in [0.25, 0.3) is 0 Å². The summed E-state index contributed by atoms with van der Waals surface area (Å²) in [7, 11) is 0. The first-order chi connectivity index (χ1) is 3.18. The second kappa shape index (κ2) is 5.22. The molecule has 0 aliphatic carbocycles. The molecule has 51 valence electrons. The summed E-state index contributed by atoms with van der Waals surface area (Å²) in [6.45, 7) is 2.95. The summed E-state index contributed by atoms with van der Waals surface area (Å²) in [5.74, 6) is -0.637. The molecule has 0 bridgehead atoms. The van der Waals surface area contributed by atoms with Gasteiger partial charge >= 0.3 is 0 Å². The Balaban J connectivity index is 0. The van der Waals surface area contributed by atoms with Crippen LogP contribution in [0.2, 0.25) is 0 Å². The van der Waals surface area contributed by atoms with Crippen molar-refractivity contribution in [3.63, 3.8) is 0 Å². The Labute approximate surface area is 64.2 Å². The van der Waals surface area contributed by atoms with E-state index in [1.54, 1.807) is 6.92 Å². The van der Waals surface area contributed by atoms with Crippen molar-refractivity contribution in [2.24, 2.45) is 0 Å². The van der Waals surface area contributed by atoms with Crippen molar-refractivity contribution in [2.45, 2.75) is 20.3 Å². The molecule has 0 aromatic carbocycles. The van der Waals surface area contributed by atoms with Gasteiger partial charge in [-0.3, -0.25) is 9.59 Å². The summed E-state index contributed by atoms with van der Waals surface area (Å²) < 4.78 is 0. The summed E-state index contributed by atoms with van der Waals surface area (Å²) in [6.07, 6.45) is 0.329. The number of Topliss-reactive ketones (excluding diaryl/α,β-unsaturated/α-hetero) is 2. The summed E-state index contributed by atoms with van der Waals surface area (Å²) in [6, 6.07) is 0. The van der Waals surface area contributed by atoms with Crippen molar-refractivity contribution in [1.29, 1.82) is 0 Å². The topological polar surface area (TPSA) is 34.1 Å². The van der Waals surface area contributed by atoms with Crippen LogP contribution in [0.1, 0.15) is 20.3 Å². The predicted molar refractivity (Wildman–Crippen MR) is 26.0 cm³/mol. The van der Waals surface area contributed by atoms with Crippen LogP contribution in [0.3, 0.4) is 0 Å². The Kier molecular flexibility index (Phi) is 7.15. The Morgan fingerprint density at radius 3 is 1.75 bits per heavy atom. The Morgan fingerprint density at radius 1 is 1.38 bits per heavy atom. The van der Waals surface area contributed by atoms with E-state index in [0.29, 0.717) is 6.42 Å². The monoisotopic (exact) mass is 297 g/mol. The van der Waals surface area contributed by atoms with Gasteiger partial charge in [-0.25, -0.2) is 0 Å². The largest absolute Gasteiger partial charge is 0.291 e. The molecule has 0 amide bonds. The minimum absolute atomic E-state index is 0. The average Bonchev–Trinajstić information content (AvgIpc) is 1.65. The van der Waals surface area contributed by atoms with E-state index in [9.17, 15) is 9.59 Å². The first-order valence-electron chi connectivity index (χ1n) is 2.22. The third-order valence-corrected chi connectivity index (χ3v) is 0.714. The minimum atomic E-state index is -0.345. The minimum Gasteiger partial charge on any atom is -0.291 e. The quantitative estimate of drug-likeness (QED) is 0.551. The molecular weight excluding hydrogens is 289 g/mol. The van der Waals surface area contributed by atoms with Crippen molar-refractivity contribution in [3.8, 4) is 0 Å². The van der Waals surface area contributed by atoms with Crippen molar-refractivity contribution in [1.82, 2.24) is 0 Å². The van der Waals surface area contributed by atoms with Crippen LogP contribution in [0.5, 0.6) is 0 Å². The summed E-state index contributed by atoms with van der Waals surface area (Å²) >= 11 is 0. The molecule has 0 saturated carbocycles. The van der Waals surface area contributed by atoms with Gasteiger partial charge in [-0.1, -0.05) is 6.92 Å². The van der Waals surface area contributed by atoms with Crippen LogP contribution >= 0.6 is 0 Å². The second-order valence-corrected chi connectivity index (χ2v) is 1.33. The van der Waals surface area contributed by atoms with Crippen molar-refractivity contribution >= 4 is 11.6 Å². The average molecular weight is 297 g/mol. The van der Waals surface area contributed by atoms with Crippen LogP contribution in [0.4, 0.5) is 0 Å². The SMILES string of the molecule is CCC(=O)C(C)=O.[Au]. The Bertz CT molecular complexity index is 98.6. The van der Waals surface area contributed by atoms with E-state index >= 15 is 0 Å². The number of hydrogen-bond donors (Lipinski definition) is 0. The molecule has 2 nitrogen and oxygen atoms in total. The number of rotatable bonds is 2. The van der Waals surface area contributed by atoms with E-state index in [-0.39, 0.29) is 33.9 Å². The summed E-state index contributed by atoms with van der Waals surface area (Å²) in [5, 5.41) is 0. The van der Waals surface area contributed by atoms with Gasteiger partial charge in [-0.2, -0.15) is 0 Å². The smallest absolute Gasteiger partial charge is 0.197 e. The van der Waals surface area contributed by atoms with Gasteiger partial charge < -0.3 is 0 Å². The predicted octanol–water partition coefficient (Wildman–Crippen LogP) is 0.552. The summed E-state index contributed by atoms with van der Waals surface area (Å²) in [5.41, 5.74) is 0. The van der Waals surface area contributed by atoms with Crippen molar-refractivity contribution in [3.05, 3.63) is 0 Å². The van der Waals surface area contributed by atoms with Gasteiger partial charge in [-0.05, 0) is 0 Å². The molecule has 0 fully saturated rings. The molecular formula is C5H8AuO2. The third kappa shape index (κ3) is 4.24. The van der Waals surface area contributed by atoms with Gasteiger partial charge in [0, 0.05) is 35.7 Å². The van der Waals surface area contributed by atoms with Crippen LogP contribution in [0, 0.1) is 0 Å². The molecule has 0 N–H and O–H groups in total. The fourth-order valence-electron chi connectivity index (χ4n) is 0.249. The molecule has 0 aromatic heterocycles. The van der Waals surface area contributed by atoms with E-state index in [4.69, 9.17) is 0 Å². The van der Waals surface area contributed by atoms with E-state index < -0.39 is 0 Å². The molecule has 0 aromatic rings. The van der Waals surface area contributed by atoms with E-state index in [0.717, 1.165) is 0 Å². The number of carbonyl (C=O) groups is 2. The maximum Gasteiger partial charge on any atom is 0.197 e. The standard InChI is InChI=1S/C5H8O2.Au/c1-3-5(7)4(2)6;/h3H2,1-2H3;. The molecule has 0 aliphatic heterocycles. The first kappa shape index (κ1) is 11.0. The number of ketones is 2. The van der Waals surface area contributed by atoms with Gasteiger partial charge in [0.1, 0.15) is 0 Å². The van der Waals surface area contributed by atoms with Crippen LogP contribution in [0.25, 0.3) is 0 Å². The Morgan fingerprint density at radius 2 is 1.75 bits per heavy atom. The molecule has 0 rings (SSSR count). The molecule has 0 saturated heterocycles. The van der Waals surface area contributed by atoms with Gasteiger partial charge in [0.2, 0.25) is 0 Å². The third-order valence-electron chi connectivity index (χ3n) is 0.714. The zero-order chi connectivity index (χ0) is 5.86. The van der Waals surface area contributed by atoms with E-state index in [2.05, 4.69) is 0 Å². The number of carbonyl (C=O) groups excluding carboxylic acids is 2. The number of hydrogen-bond acceptors (Lipinski definition) is 2. The molecule has 0 atom stereocenters. The molecule has 1 radical (unpaired) electrons. The Hall–Kier alpha value is 0.0803. The van der Waals surface area contributed by atoms with Crippen LogP contribution in [-0.2, 0) is 32.0 Å². The zero-order valence-electron chi connectivity index (χ0n) is 4.83. The molecule has 0 heterocycles. The van der Waals surface area contributed by atoms with Crippen LogP contribution in [-0.4, -0.2) is 11.6 Å². The summed E-state index contributed by atoms with van der Waals surface area (Å²) in [4.78, 5) is 20.2. The van der Waals surface area contributed by atoms with E-state index in [1.165, 1.54) is 6.92 Å². The molecule has 8 heavy (non-hydrogen) atoms. The zero-order valence-corrected chi connectivity index (χ0v) is 6.99. The normalized spacial score (nSPS) is 7.25. The van der Waals surface area contributed by atoms with Gasteiger partial charge in [0.15, 0.2) is 11.6 Å². The van der Waals surface area contributed by atoms with Crippen LogP contribution < -0.4 is 0 Å². The fourth-order valence-corrected chi connectivity index (χ4v) is 0.249. The maximum absolute atomic E-state index is 10.2. The van der Waals surface area contributed by atoms with E-state index in [1.807, 2.05) is 0 Å². The molecule has 0 unspecified atom stereocenters. The molecule has 0 aliphatic rings. The molecule has 0 spiro atoms. The molecule has 3 heteroatoms. The van der Waals surface area contributed by atoms with Gasteiger partial charge in [-0.15, -0.1) is 0 Å².